The van der Waals surface area contributed by atoms with Gasteiger partial charge in [0.15, 0.2) is 0 Å². The number of carbonyl (C=O) groups excluding carboxylic acids is 1. The van der Waals surface area contributed by atoms with Gasteiger partial charge in [0.05, 0.1) is 6.10 Å². The van der Waals surface area contributed by atoms with Gasteiger partial charge in [0.1, 0.15) is 12.4 Å². The van der Waals surface area contributed by atoms with Crippen LogP contribution in [0.1, 0.15) is 38.5 Å². The van der Waals surface area contributed by atoms with Crippen molar-refractivity contribution in [2.24, 2.45) is 0 Å². The van der Waals surface area contributed by atoms with Gasteiger partial charge in [0.2, 0.25) is 0 Å². The lowest BCUT2D eigenvalue weighted by atomic mass is 10.00. The molecule has 5 heteroatoms. The van der Waals surface area contributed by atoms with Crippen molar-refractivity contribution >= 4 is 11.7 Å². The van der Waals surface area contributed by atoms with Gasteiger partial charge in [-0.15, -0.1) is 0 Å². The minimum absolute atomic E-state index is 0.172. The van der Waals surface area contributed by atoms with Crippen molar-refractivity contribution < 1.29 is 14.3 Å². The fraction of sp³-hybridized carbons (Fsp3) is 0.526. The fourth-order valence-electron chi connectivity index (χ4n) is 3.03. The minimum atomic E-state index is -0.172. The van der Waals surface area contributed by atoms with Gasteiger partial charge >= 0.3 is 6.03 Å². The molecule has 2 amide bonds. The number of ether oxygens (including phenoxy) is 2. The van der Waals surface area contributed by atoms with Crippen LogP contribution in [0.4, 0.5) is 10.5 Å². The predicted octanol–water partition coefficient (Wildman–Crippen LogP) is 3.87. The Morgan fingerprint density at radius 3 is 2.79 bits per heavy atom. The molecule has 1 aromatic rings. The van der Waals surface area contributed by atoms with E-state index in [4.69, 9.17) is 9.47 Å². The summed E-state index contributed by atoms with van der Waals surface area (Å²) in [6.45, 7) is 2.06. The monoisotopic (exact) mass is 330 g/mol. The van der Waals surface area contributed by atoms with Gasteiger partial charge in [-0.1, -0.05) is 11.6 Å². The summed E-state index contributed by atoms with van der Waals surface area (Å²) in [5, 5.41) is 5.76. The maximum absolute atomic E-state index is 11.9. The molecule has 1 saturated heterocycles. The first-order valence-corrected chi connectivity index (χ1v) is 8.87. The molecule has 130 valence electrons. The molecule has 1 aliphatic heterocycles. The van der Waals surface area contributed by atoms with Crippen LogP contribution >= 0.6 is 0 Å². The van der Waals surface area contributed by atoms with Gasteiger partial charge in [-0.3, -0.25) is 0 Å². The van der Waals surface area contributed by atoms with Gasteiger partial charge in [-0.25, -0.2) is 4.79 Å². The maximum Gasteiger partial charge on any atom is 0.319 e. The zero-order chi connectivity index (χ0) is 16.6. The van der Waals surface area contributed by atoms with E-state index in [0.29, 0.717) is 13.2 Å². The van der Waals surface area contributed by atoms with Crippen molar-refractivity contribution in [1.29, 1.82) is 0 Å². The van der Waals surface area contributed by atoms with Crippen LogP contribution in [-0.2, 0) is 4.74 Å². The first-order valence-electron chi connectivity index (χ1n) is 8.87. The van der Waals surface area contributed by atoms with Crippen LogP contribution in [0.3, 0.4) is 0 Å². The number of anilines is 1. The van der Waals surface area contributed by atoms with E-state index in [-0.39, 0.29) is 12.1 Å². The van der Waals surface area contributed by atoms with Crippen LogP contribution in [0.2, 0.25) is 0 Å². The number of rotatable bonds is 6. The Bertz CT molecular complexity index is 562. The average Bonchev–Trinajstić information content (AvgIpc) is 3.14. The molecular formula is C19H26N2O3. The molecule has 0 radical (unpaired) electrons. The molecule has 3 rings (SSSR count). The molecule has 0 saturated carbocycles. The summed E-state index contributed by atoms with van der Waals surface area (Å²) in [5.74, 6) is 0.795. The normalized spacial score (nSPS) is 20.3. The molecule has 1 aliphatic carbocycles. The number of allylic oxidation sites excluding steroid dienone is 1. The summed E-state index contributed by atoms with van der Waals surface area (Å²) in [6.07, 6.45) is 9.34. The van der Waals surface area contributed by atoms with E-state index in [2.05, 4.69) is 16.7 Å². The highest BCUT2D eigenvalue weighted by molar-refractivity contribution is 5.89. The molecule has 2 N–H and O–H groups in total. The molecule has 0 aromatic heterocycles. The van der Waals surface area contributed by atoms with E-state index in [1.165, 1.54) is 18.4 Å². The zero-order valence-electron chi connectivity index (χ0n) is 14.1. The SMILES string of the molecule is O=C(NCC1=CCCCC1)Nc1ccc(OC[C@H]2CCCO2)cc1. The molecule has 24 heavy (non-hydrogen) atoms. The van der Waals surface area contributed by atoms with Gasteiger partial charge in [0, 0.05) is 18.8 Å². The summed E-state index contributed by atoms with van der Waals surface area (Å²) >= 11 is 0. The Balaban J connectivity index is 1.39. The number of urea groups is 1. The Kier molecular flexibility index (Phi) is 6.13. The third-order valence-corrected chi connectivity index (χ3v) is 4.43. The molecule has 1 heterocycles. The van der Waals surface area contributed by atoms with Crippen LogP contribution in [0.25, 0.3) is 0 Å². The van der Waals surface area contributed by atoms with Crippen molar-refractivity contribution in [3.8, 4) is 5.75 Å². The quantitative estimate of drug-likeness (QED) is 0.779. The molecule has 5 nitrogen and oxygen atoms in total. The van der Waals surface area contributed by atoms with Crippen LogP contribution in [0.15, 0.2) is 35.9 Å². The van der Waals surface area contributed by atoms with Crippen molar-refractivity contribution in [1.82, 2.24) is 5.32 Å². The number of carbonyl (C=O) groups is 1. The third-order valence-electron chi connectivity index (χ3n) is 4.43. The van der Waals surface area contributed by atoms with Crippen LogP contribution < -0.4 is 15.4 Å². The molecular weight excluding hydrogens is 304 g/mol. The van der Waals surface area contributed by atoms with Crippen molar-refractivity contribution in [3.05, 3.63) is 35.9 Å². The summed E-state index contributed by atoms with van der Waals surface area (Å²) in [4.78, 5) is 11.9. The van der Waals surface area contributed by atoms with Crippen LogP contribution in [0.5, 0.6) is 5.75 Å². The van der Waals surface area contributed by atoms with E-state index >= 15 is 0 Å². The van der Waals surface area contributed by atoms with E-state index in [1.54, 1.807) is 0 Å². The summed E-state index contributed by atoms with van der Waals surface area (Å²) in [5.41, 5.74) is 2.09. The average molecular weight is 330 g/mol. The van der Waals surface area contributed by atoms with Gasteiger partial charge in [0.25, 0.3) is 0 Å². The lowest BCUT2D eigenvalue weighted by Gasteiger charge is -2.14. The van der Waals surface area contributed by atoms with Crippen molar-refractivity contribution in [2.75, 3.05) is 25.1 Å². The minimum Gasteiger partial charge on any atom is -0.491 e. The van der Waals surface area contributed by atoms with Crippen molar-refractivity contribution in [3.63, 3.8) is 0 Å². The number of amides is 2. The highest BCUT2D eigenvalue weighted by Crippen LogP contribution is 2.19. The lowest BCUT2D eigenvalue weighted by molar-refractivity contribution is 0.0679. The topological polar surface area (TPSA) is 59.6 Å². The molecule has 1 atom stereocenters. The molecule has 1 fully saturated rings. The van der Waals surface area contributed by atoms with E-state index in [1.807, 2.05) is 24.3 Å². The lowest BCUT2D eigenvalue weighted by Crippen LogP contribution is -2.30. The maximum atomic E-state index is 11.9. The Morgan fingerprint density at radius 2 is 2.08 bits per heavy atom. The second kappa shape index (κ2) is 8.73. The Hall–Kier alpha value is -2.01. The van der Waals surface area contributed by atoms with E-state index < -0.39 is 0 Å². The van der Waals surface area contributed by atoms with Gasteiger partial charge in [-0.2, -0.15) is 0 Å². The second-order valence-corrected chi connectivity index (χ2v) is 6.39. The third kappa shape index (κ3) is 5.27. The molecule has 0 bridgehead atoms. The number of nitrogens with one attached hydrogen (secondary N) is 2. The van der Waals surface area contributed by atoms with Crippen LogP contribution in [-0.4, -0.2) is 31.9 Å². The number of benzene rings is 1. The first kappa shape index (κ1) is 16.8. The van der Waals surface area contributed by atoms with Crippen molar-refractivity contribution in [2.45, 2.75) is 44.6 Å². The van der Waals surface area contributed by atoms with Crippen LogP contribution in [0, 0.1) is 0 Å². The zero-order valence-corrected chi connectivity index (χ0v) is 14.1. The Morgan fingerprint density at radius 1 is 1.21 bits per heavy atom. The molecule has 2 aliphatic rings. The van der Waals surface area contributed by atoms with E-state index in [0.717, 1.165) is 43.7 Å². The standard InChI is InChI=1S/C19H26N2O3/c22-19(20-13-15-5-2-1-3-6-15)21-16-8-10-17(11-9-16)24-14-18-7-4-12-23-18/h5,8-11,18H,1-4,6-7,12-14H2,(H2,20,21,22)/t18-/m1/s1. The second-order valence-electron chi connectivity index (χ2n) is 6.39. The predicted molar refractivity (Wildman–Crippen MR) is 94.5 cm³/mol. The number of hydrogen-bond acceptors (Lipinski definition) is 3. The molecule has 0 spiro atoms. The summed E-state index contributed by atoms with van der Waals surface area (Å²) in [6, 6.07) is 7.27. The van der Waals surface area contributed by atoms with Gasteiger partial charge in [-0.05, 0) is 62.8 Å². The Labute approximate surface area is 143 Å². The number of hydrogen-bond donors (Lipinski definition) is 2. The van der Waals surface area contributed by atoms with E-state index in [9.17, 15) is 4.79 Å². The highest BCUT2D eigenvalue weighted by atomic mass is 16.5. The molecule has 0 unspecified atom stereocenters. The summed E-state index contributed by atoms with van der Waals surface area (Å²) in [7, 11) is 0. The fourth-order valence-corrected chi connectivity index (χ4v) is 3.03. The smallest absolute Gasteiger partial charge is 0.319 e. The first-order chi connectivity index (χ1) is 11.8. The largest absolute Gasteiger partial charge is 0.491 e. The van der Waals surface area contributed by atoms with Gasteiger partial charge < -0.3 is 20.1 Å². The molecule has 1 aromatic carbocycles. The highest BCUT2D eigenvalue weighted by Gasteiger charge is 2.15. The summed E-state index contributed by atoms with van der Waals surface area (Å²) < 4.78 is 11.2.